The van der Waals surface area contributed by atoms with Gasteiger partial charge < -0.3 is 10.6 Å². The smallest absolute Gasteiger partial charge is 0.126 e. The van der Waals surface area contributed by atoms with Crippen molar-refractivity contribution in [2.24, 2.45) is 0 Å². The molecule has 1 atom stereocenters. The lowest BCUT2D eigenvalue weighted by Gasteiger charge is -2.47. The minimum absolute atomic E-state index is 0.118. The molecule has 118 valence electrons. The quantitative estimate of drug-likeness (QED) is 0.876. The number of nitrogens with one attached hydrogen (secondary N) is 2. The van der Waals surface area contributed by atoms with E-state index < -0.39 is 0 Å². The van der Waals surface area contributed by atoms with E-state index in [0.717, 1.165) is 18.4 Å². The van der Waals surface area contributed by atoms with Gasteiger partial charge in [0.1, 0.15) is 5.82 Å². The SMILES string of the molecule is Cc1ccc(C(C)NC2CC(C)(C)NC(C)(C)C2)cc1F. The summed E-state index contributed by atoms with van der Waals surface area (Å²) in [7, 11) is 0. The zero-order valence-electron chi connectivity index (χ0n) is 14.2. The van der Waals surface area contributed by atoms with E-state index in [-0.39, 0.29) is 22.9 Å². The van der Waals surface area contributed by atoms with Crippen LogP contribution in [0.1, 0.15) is 64.6 Å². The summed E-state index contributed by atoms with van der Waals surface area (Å²) < 4.78 is 13.7. The van der Waals surface area contributed by atoms with E-state index in [1.807, 2.05) is 12.1 Å². The molecule has 0 spiro atoms. The highest BCUT2D eigenvalue weighted by atomic mass is 19.1. The van der Waals surface area contributed by atoms with Crippen molar-refractivity contribution in [3.63, 3.8) is 0 Å². The van der Waals surface area contributed by atoms with Crippen LogP contribution in [0, 0.1) is 12.7 Å². The molecule has 1 saturated heterocycles. The van der Waals surface area contributed by atoms with Crippen LogP contribution in [0.5, 0.6) is 0 Å². The van der Waals surface area contributed by atoms with Crippen LogP contribution < -0.4 is 10.6 Å². The number of hydrogen-bond donors (Lipinski definition) is 2. The van der Waals surface area contributed by atoms with Crippen molar-refractivity contribution in [1.82, 2.24) is 10.6 Å². The van der Waals surface area contributed by atoms with Crippen LogP contribution in [0.3, 0.4) is 0 Å². The zero-order chi connectivity index (χ0) is 15.8. The molecule has 1 aliphatic heterocycles. The first-order valence-electron chi connectivity index (χ1n) is 7.89. The summed E-state index contributed by atoms with van der Waals surface area (Å²) >= 11 is 0. The molecule has 2 rings (SSSR count). The van der Waals surface area contributed by atoms with Crippen LogP contribution in [-0.2, 0) is 0 Å². The Hall–Kier alpha value is -0.930. The van der Waals surface area contributed by atoms with Crippen molar-refractivity contribution < 1.29 is 4.39 Å². The van der Waals surface area contributed by atoms with Gasteiger partial charge in [0.2, 0.25) is 0 Å². The minimum atomic E-state index is -0.118. The van der Waals surface area contributed by atoms with Gasteiger partial charge in [-0.25, -0.2) is 4.39 Å². The van der Waals surface area contributed by atoms with E-state index in [4.69, 9.17) is 0 Å². The highest BCUT2D eigenvalue weighted by molar-refractivity contribution is 5.25. The highest BCUT2D eigenvalue weighted by Gasteiger charge is 2.37. The maximum absolute atomic E-state index is 13.7. The van der Waals surface area contributed by atoms with E-state index >= 15 is 0 Å². The topological polar surface area (TPSA) is 24.1 Å². The van der Waals surface area contributed by atoms with Crippen LogP contribution in [0.4, 0.5) is 4.39 Å². The lowest BCUT2D eigenvalue weighted by molar-refractivity contribution is 0.141. The normalized spacial score (nSPS) is 23.0. The second-order valence-corrected chi connectivity index (χ2v) is 7.89. The average Bonchev–Trinajstić information content (AvgIpc) is 2.28. The van der Waals surface area contributed by atoms with Crippen LogP contribution in [0.2, 0.25) is 0 Å². The molecule has 1 fully saturated rings. The fraction of sp³-hybridized carbons (Fsp3) is 0.667. The van der Waals surface area contributed by atoms with Gasteiger partial charge in [-0.05, 0) is 71.6 Å². The van der Waals surface area contributed by atoms with Crippen molar-refractivity contribution >= 4 is 0 Å². The molecule has 21 heavy (non-hydrogen) atoms. The van der Waals surface area contributed by atoms with Gasteiger partial charge in [0.25, 0.3) is 0 Å². The first kappa shape index (κ1) is 16.4. The predicted molar refractivity (Wildman–Crippen MR) is 87.0 cm³/mol. The highest BCUT2D eigenvalue weighted by Crippen LogP contribution is 2.30. The van der Waals surface area contributed by atoms with Gasteiger partial charge in [-0.3, -0.25) is 0 Å². The van der Waals surface area contributed by atoms with Gasteiger partial charge >= 0.3 is 0 Å². The van der Waals surface area contributed by atoms with Gasteiger partial charge in [0, 0.05) is 23.2 Å². The second-order valence-electron chi connectivity index (χ2n) is 7.89. The maximum atomic E-state index is 13.7. The van der Waals surface area contributed by atoms with Crippen molar-refractivity contribution in [3.8, 4) is 0 Å². The average molecular weight is 292 g/mol. The number of hydrogen-bond acceptors (Lipinski definition) is 2. The Morgan fingerprint density at radius 1 is 1.19 bits per heavy atom. The van der Waals surface area contributed by atoms with E-state index in [1.165, 1.54) is 0 Å². The van der Waals surface area contributed by atoms with Gasteiger partial charge in [0.05, 0.1) is 0 Å². The largest absolute Gasteiger partial charge is 0.307 e. The third kappa shape index (κ3) is 4.27. The summed E-state index contributed by atoms with van der Waals surface area (Å²) in [6.07, 6.45) is 2.16. The van der Waals surface area contributed by atoms with E-state index in [2.05, 4.69) is 45.3 Å². The summed E-state index contributed by atoms with van der Waals surface area (Å²) in [5, 5.41) is 7.38. The van der Waals surface area contributed by atoms with Crippen molar-refractivity contribution in [2.75, 3.05) is 0 Å². The zero-order valence-corrected chi connectivity index (χ0v) is 14.2. The fourth-order valence-electron chi connectivity index (χ4n) is 3.77. The molecular weight excluding hydrogens is 263 g/mol. The third-order valence-corrected chi connectivity index (χ3v) is 4.37. The third-order valence-electron chi connectivity index (χ3n) is 4.37. The second kappa shape index (κ2) is 5.69. The van der Waals surface area contributed by atoms with Gasteiger partial charge in [0.15, 0.2) is 0 Å². The van der Waals surface area contributed by atoms with E-state index in [9.17, 15) is 4.39 Å². The number of benzene rings is 1. The lowest BCUT2D eigenvalue weighted by Crippen LogP contribution is -2.61. The standard InChI is InChI=1S/C18H29FN2/c1-12-7-8-14(9-16(12)19)13(2)20-15-10-17(3,4)21-18(5,6)11-15/h7-9,13,15,20-21H,10-11H2,1-6H3. The molecule has 1 heterocycles. The van der Waals surface area contributed by atoms with Crippen molar-refractivity contribution in [3.05, 3.63) is 35.1 Å². The van der Waals surface area contributed by atoms with Crippen LogP contribution in [-0.4, -0.2) is 17.1 Å². The maximum Gasteiger partial charge on any atom is 0.126 e. The number of rotatable bonds is 3. The Balaban J connectivity index is 2.08. The molecule has 0 radical (unpaired) electrons. The Morgan fingerprint density at radius 2 is 1.76 bits per heavy atom. The van der Waals surface area contributed by atoms with Crippen LogP contribution >= 0.6 is 0 Å². The summed E-state index contributed by atoms with van der Waals surface area (Å²) in [4.78, 5) is 0. The monoisotopic (exact) mass is 292 g/mol. The fourth-order valence-corrected chi connectivity index (χ4v) is 3.77. The van der Waals surface area contributed by atoms with Gasteiger partial charge in [-0.1, -0.05) is 12.1 Å². The summed E-state index contributed by atoms with van der Waals surface area (Å²) in [5.74, 6) is -0.118. The first-order chi connectivity index (χ1) is 9.58. The van der Waals surface area contributed by atoms with Gasteiger partial charge in [-0.15, -0.1) is 0 Å². The molecule has 1 aliphatic rings. The lowest BCUT2D eigenvalue weighted by atomic mass is 9.79. The van der Waals surface area contributed by atoms with Crippen LogP contribution in [0.25, 0.3) is 0 Å². The predicted octanol–water partition coefficient (Wildman–Crippen LogP) is 4.09. The molecular formula is C18H29FN2. The molecule has 1 unspecified atom stereocenters. The Labute approximate surface area is 128 Å². The Kier molecular flexibility index (Phi) is 4.46. The van der Waals surface area contributed by atoms with E-state index in [0.29, 0.717) is 11.6 Å². The van der Waals surface area contributed by atoms with Gasteiger partial charge in [-0.2, -0.15) is 0 Å². The summed E-state index contributed by atoms with van der Waals surface area (Å²) in [5.41, 5.74) is 1.97. The van der Waals surface area contributed by atoms with Crippen molar-refractivity contribution in [2.45, 2.75) is 77.5 Å². The molecule has 0 saturated carbocycles. The summed E-state index contributed by atoms with van der Waals surface area (Å²) in [6, 6.07) is 6.14. The molecule has 0 aromatic heterocycles. The molecule has 0 aliphatic carbocycles. The first-order valence-corrected chi connectivity index (χ1v) is 7.89. The molecule has 3 heteroatoms. The molecule has 0 bridgehead atoms. The van der Waals surface area contributed by atoms with E-state index in [1.54, 1.807) is 13.0 Å². The summed E-state index contributed by atoms with van der Waals surface area (Å²) in [6.45, 7) is 12.9. The molecule has 1 aromatic carbocycles. The van der Waals surface area contributed by atoms with Crippen molar-refractivity contribution in [1.29, 1.82) is 0 Å². The number of aryl methyl sites for hydroxylation is 1. The number of halogens is 1. The molecule has 0 amide bonds. The Morgan fingerprint density at radius 3 is 2.29 bits per heavy atom. The Bertz CT molecular complexity index is 492. The molecule has 2 nitrogen and oxygen atoms in total. The number of piperidine rings is 1. The molecule has 2 N–H and O–H groups in total. The van der Waals surface area contributed by atoms with Crippen LogP contribution in [0.15, 0.2) is 18.2 Å². The minimum Gasteiger partial charge on any atom is -0.307 e. The molecule has 1 aromatic rings.